The Bertz CT molecular complexity index is 2030. The van der Waals surface area contributed by atoms with Gasteiger partial charge in [0.2, 0.25) is 5.91 Å². The van der Waals surface area contributed by atoms with Crippen molar-refractivity contribution in [2.24, 2.45) is 4.99 Å². The van der Waals surface area contributed by atoms with Crippen molar-refractivity contribution in [3.63, 3.8) is 0 Å². The molecule has 2 saturated heterocycles. The molecule has 12 heteroatoms. The van der Waals surface area contributed by atoms with Gasteiger partial charge in [-0.3, -0.25) is 29.7 Å². The first-order chi connectivity index (χ1) is 26.1. The number of phenolic OH excluding ortho intramolecular Hbond substituents is 2. The van der Waals surface area contributed by atoms with Crippen molar-refractivity contribution in [3.8, 4) is 23.0 Å². The molecule has 2 fully saturated rings. The van der Waals surface area contributed by atoms with Gasteiger partial charge in [-0.15, -0.1) is 0 Å². The number of benzene rings is 4. The van der Waals surface area contributed by atoms with Crippen LogP contribution in [0.25, 0.3) is 0 Å². The number of nitrogens with one attached hydrogen (secondary N) is 1. The number of carbonyl (C=O) groups is 3. The number of urea groups is 1. The predicted octanol–water partition coefficient (Wildman–Crippen LogP) is 5.56. The second-order valence-electron chi connectivity index (χ2n) is 14.2. The van der Waals surface area contributed by atoms with E-state index in [1.807, 2.05) is 35.2 Å². The molecule has 280 valence electrons. The largest absolute Gasteiger partial charge is 0.508 e. The van der Waals surface area contributed by atoms with Crippen LogP contribution in [0, 0.1) is 0 Å². The highest BCUT2D eigenvalue weighted by atomic mass is 16.5. The zero-order valence-corrected chi connectivity index (χ0v) is 30.4. The number of nitrogens with zero attached hydrogens (tertiary/aromatic N) is 4. The van der Waals surface area contributed by atoms with E-state index in [0.29, 0.717) is 44.1 Å². The molecule has 1 unspecified atom stereocenters. The standard InChI is InChI=1S/C42H45N5O7/c1-42(36-26-33(49)13-16-37(36)43-40(42)30-9-11-32(48)12-10-30)27-29-7-14-34(15-8-29)53-24-3-2-18-45-20-22-46(23-21-45)39(51)28-54-35-6-4-5-31(25-35)47-19-17-38(50)44-41(47)52/h4-16,25-26,48-49H,2-3,17-24,27-28H2,1H3,(H,44,50,52). The Morgan fingerprint density at radius 3 is 2.35 bits per heavy atom. The fraction of sp³-hybridized carbons (Fsp3) is 0.333. The molecule has 7 rings (SSSR count). The molecule has 3 aliphatic rings. The summed E-state index contributed by atoms with van der Waals surface area (Å²) in [6.07, 6.45) is 2.80. The van der Waals surface area contributed by atoms with Gasteiger partial charge in [-0.25, -0.2) is 4.79 Å². The maximum atomic E-state index is 12.9. The first-order valence-corrected chi connectivity index (χ1v) is 18.4. The highest BCUT2D eigenvalue weighted by Gasteiger charge is 2.40. The molecule has 4 aromatic rings. The number of aromatic hydroxyl groups is 2. The molecule has 0 bridgehead atoms. The third-order valence-electron chi connectivity index (χ3n) is 10.4. The Labute approximate surface area is 314 Å². The van der Waals surface area contributed by atoms with Crippen LogP contribution in [-0.4, -0.2) is 96.1 Å². The SMILES string of the molecule is CC1(Cc2ccc(OCCCCN3CCN(C(=O)COc4cccc(N5CCC(=O)NC5=O)c4)CC3)cc2)C(c2ccc(O)cc2)=Nc2ccc(O)cc21. The number of unbranched alkanes of at least 4 members (excludes halogenated alkanes) is 1. The molecular weight excluding hydrogens is 686 g/mol. The summed E-state index contributed by atoms with van der Waals surface area (Å²) in [5, 5.41) is 22.5. The van der Waals surface area contributed by atoms with Crippen LogP contribution >= 0.6 is 0 Å². The van der Waals surface area contributed by atoms with E-state index < -0.39 is 11.4 Å². The van der Waals surface area contributed by atoms with E-state index in [2.05, 4.69) is 29.3 Å². The Balaban J connectivity index is 0.821. The number of hydrogen-bond acceptors (Lipinski definition) is 9. The molecule has 12 nitrogen and oxygen atoms in total. The number of amides is 4. The summed E-state index contributed by atoms with van der Waals surface area (Å²) < 4.78 is 11.9. The lowest BCUT2D eigenvalue weighted by molar-refractivity contribution is -0.135. The Morgan fingerprint density at radius 2 is 1.59 bits per heavy atom. The van der Waals surface area contributed by atoms with E-state index in [9.17, 15) is 24.6 Å². The highest BCUT2D eigenvalue weighted by molar-refractivity contribution is 6.13. The van der Waals surface area contributed by atoms with E-state index in [-0.39, 0.29) is 36.3 Å². The lowest BCUT2D eigenvalue weighted by Gasteiger charge is -2.34. The molecule has 0 spiro atoms. The van der Waals surface area contributed by atoms with Crippen LogP contribution in [0.3, 0.4) is 0 Å². The first-order valence-electron chi connectivity index (χ1n) is 18.4. The van der Waals surface area contributed by atoms with Gasteiger partial charge in [0.05, 0.1) is 18.0 Å². The van der Waals surface area contributed by atoms with E-state index in [1.54, 1.807) is 48.5 Å². The van der Waals surface area contributed by atoms with Crippen LogP contribution in [0.2, 0.25) is 0 Å². The Hall–Kier alpha value is -5.88. The summed E-state index contributed by atoms with van der Waals surface area (Å²) in [6, 6.07) is 27.1. The van der Waals surface area contributed by atoms with Crippen LogP contribution in [0.5, 0.6) is 23.0 Å². The third-order valence-corrected chi connectivity index (χ3v) is 10.4. The van der Waals surface area contributed by atoms with Crippen LogP contribution in [-0.2, 0) is 21.4 Å². The zero-order valence-electron chi connectivity index (χ0n) is 30.4. The molecule has 4 aromatic carbocycles. The van der Waals surface area contributed by atoms with Crippen LogP contribution in [0.4, 0.5) is 16.2 Å². The monoisotopic (exact) mass is 731 g/mol. The van der Waals surface area contributed by atoms with Gasteiger partial charge >= 0.3 is 6.03 Å². The number of rotatable bonds is 13. The van der Waals surface area contributed by atoms with E-state index in [4.69, 9.17) is 14.5 Å². The minimum atomic E-state index is -0.480. The summed E-state index contributed by atoms with van der Waals surface area (Å²) in [5.74, 6) is 1.35. The molecule has 0 radical (unpaired) electrons. The second-order valence-corrected chi connectivity index (χ2v) is 14.2. The van der Waals surface area contributed by atoms with Crippen molar-refractivity contribution in [2.45, 2.75) is 38.0 Å². The van der Waals surface area contributed by atoms with Crippen molar-refractivity contribution < 1.29 is 34.1 Å². The number of piperazine rings is 1. The smallest absolute Gasteiger partial charge is 0.328 e. The fourth-order valence-corrected chi connectivity index (χ4v) is 7.36. The van der Waals surface area contributed by atoms with Crippen molar-refractivity contribution in [2.75, 3.05) is 57.4 Å². The van der Waals surface area contributed by atoms with Crippen molar-refractivity contribution >= 4 is 34.9 Å². The normalized spacial score (nSPS) is 18.6. The maximum Gasteiger partial charge on any atom is 0.328 e. The van der Waals surface area contributed by atoms with E-state index in [1.165, 1.54) is 4.90 Å². The number of imide groups is 1. The summed E-state index contributed by atoms with van der Waals surface area (Å²) >= 11 is 0. The van der Waals surface area contributed by atoms with Crippen molar-refractivity contribution in [3.05, 3.63) is 108 Å². The van der Waals surface area contributed by atoms with E-state index in [0.717, 1.165) is 66.3 Å². The van der Waals surface area contributed by atoms with Crippen LogP contribution in [0.15, 0.2) is 96.0 Å². The molecule has 1 atom stereocenters. The molecular formula is C42H45N5O7. The average Bonchev–Trinajstić information content (AvgIpc) is 3.45. The number of ether oxygens (including phenoxy) is 2. The average molecular weight is 732 g/mol. The quantitative estimate of drug-likeness (QED) is 0.152. The minimum Gasteiger partial charge on any atom is -0.508 e. The van der Waals surface area contributed by atoms with Gasteiger partial charge in [-0.05, 0) is 116 Å². The predicted molar refractivity (Wildman–Crippen MR) is 205 cm³/mol. The van der Waals surface area contributed by atoms with Gasteiger partial charge in [0.15, 0.2) is 6.61 Å². The Morgan fingerprint density at radius 1 is 0.833 bits per heavy atom. The summed E-state index contributed by atoms with van der Waals surface area (Å²) in [4.78, 5) is 47.2. The number of carbonyl (C=O) groups excluding carboxylic acids is 3. The number of phenols is 2. The van der Waals surface area contributed by atoms with Gasteiger partial charge in [-0.1, -0.05) is 18.2 Å². The molecule has 4 amide bonds. The van der Waals surface area contributed by atoms with Crippen molar-refractivity contribution in [1.82, 2.24) is 15.1 Å². The van der Waals surface area contributed by atoms with Gasteiger partial charge in [-0.2, -0.15) is 0 Å². The number of hydrogen-bond donors (Lipinski definition) is 3. The second kappa shape index (κ2) is 16.0. The molecule has 3 N–H and O–H groups in total. The van der Waals surface area contributed by atoms with Crippen LogP contribution < -0.4 is 19.7 Å². The molecule has 3 heterocycles. The molecule has 0 aliphatic carbocycles. The topological polar surface area (TPSA) is 144 Å². The fourth-order valence-electron chi connectivity index (χ4n) is 7.36. The van der Waals surface area contributed by atoms with Crippen molar-refractivity contribution in [1.29, 1.82) is 0 Å². The van der Waals surface area contributed by atoms with Gasteiger partial charge in [0, 0.05) is 56.3 Å². The molecule has 3 aliphatic heterocycles. The summed E-state index contributed by atoms with van der Waals surface area (Å²) in [6.45, 7) is 6.78. The summed E-state index contributed by atoms with van der Waals surface area (Å²) in [7, 11) is 0. The number of anilines is 1. The number of fused-ring (bicyclic) bond motifs is 1. The Kier molecular flexibility index (Phi) is 10.8. The molecule has 54 heavy (non-hydrogen) atoms. The zero-order chi connectivity index (χ0) is 37.7. The van der Waals surface area contributed by atoms with Crippen LogP contribution in [0.1, 0.15) is 42.9 Å². The lowest BCUT2D eigenvalue weighted by Crippen LogP contribution is -2.50. The van der Waals surface area contributed by atoms with Gasteiger partial charge in [0.25, 0.3) is 5.91 Å². The van der Waals surface area contributed by atoms with Gasteiger partial charge in [0.1, 0.15) is 23.0 Å². The molecule has 0 saturated carbocycles. The first kappa shape index (κ1) is 36.5. The third kappa shape index (κ3) is 8.34. The number of aliphatic imine (C=N–C) groups is 1. The van der Waals surface area contributed by atoms with Gasteiger partial charge < -0.3 is 24.6 Å². The highest BCUT2D eigenvalue weighted by Crippen LogP contribution is 2.46. The molecule has 0 aromatic heterocycles. The van der Waals surface area contributed by atoms with E-state index >= 15 is 0 Å². The summed E-state index contributed by atoms with van der Waals surface area (Å²) in [5.41, 5.74) is 4.89. The minimum absolute atomic E-state index is 0.0758. The maximum absolute atomic E-state index is 12.9. The lowest BCUT2D eigenvalue weighted by atomic mass is 9.73.